The molecule has 1 amide bonds. The van der Waals surface area contributed by atoms with Gasteiger partial charge in [-0.05, 0) is 55.6 Å². The highest BCUT2D eigenvalue weighted by molar-refractivity contribution is 8.31. The van der Waals surface area contributed by atoms with E-state index in [0.717, 1.165) is 63.6 Å². The fourth-order valence-electron chi connectivity index (χ4n) is 5.19. The number of rotatable bonds is 5. The second-order valence-corrected chi connectivity index (χ2v) is 12.4. The van der Waals surface area contributed by atoms with E-state index >= 15 is 0 Å². The topological polar surface area (TPSA) is 107 Å². The standard InChI is InChI=1S/C27H31N7O3S/c35-26(22-5-3-4-21(31-22)18-15-29-34(17-18)24-6-1-2-11-37-24)30-19-14-23-25(28-16-19)32-27(38(23)20-7-8-20)33-9-12-36-13-10-33/h3-5,14-17,20,24,38H,1-2,6-13H2,(H,30,35). The van der Waals surface area contributed by atoms with Crippen LogP contribution < -0.4 is 5.32 Å². The summed E-state index contributed by atoms with van der Waals surface area (Å²) in [6.45, 7) is 3.97. The van der Waals surface area contributed by atoms with Crippen molar-refractivity contribution in [2.24, 2.45) is 4.99 Å². The summed E-state index contributed by atoms with van der Waals surface area (Å²) in [4.78, 5) is 30.9. The van der Waals surface area contributed by atoms with Gasteiger partial charge in [0.1, 0.15) is 11.9 Å². The third kappa shape index (κ3) is 4.70. The Bertz CT molecular complexity index is 1380. The van der Waals surface area contributed by atoms with Crippen molar-refractivity contribution in [1.29, 1.82) is 0 Å². The van der Waals surface area contributed by atoms with E-state index in [-0.39, 0.29) is 12.1 Å². The van der Waals surface area contributed by atoms with Gasteiger partial charge in [0.15, 0.2) is 11.0 Å². The Morgan fingerprint density at radius 3 is 2.79 bits per heavy atom. The molecule has 11 heteroatoms. The van der Waals surface area contributed by atoms with Gasteiger partial charge in [-0.3, -0.25) is 4.79 Å². The third-order valence-corrected chi connectivity index (χ3v) is 10.2. The molecular formula is C27H31N7O3S. The lowest BCUT2D eigenvalue weighted by Crippen LogP contribution is -2.40. The van der Waals surface area contributed by atoms with Gasteiger partial charge < -0.3 is 19.7 Å². The maximum atomic E-state index is 13.2. The molecule has 3 aromatic heterocycles. The minimum absolute atomic E-state index is 0.0369. The molecule has 0 radical (unpaired) electrons. The number of nitrogens with one attached hydrogen (secondary N) is 1. The summed E-state index contributed by atoms with van der Waals surface area (Å²) in [5.74, 6) is 0.529. The molecule has 3 fully saturated rings. The van der Waals surface area contributed by atoms with Crippen molar-refractivity contribution in [2.75, 3.05) is 38.2 Å². The molecule has 1 N–H and O–H groups in total. The molecule has 1 aliphatic carbocycles. The van der Waals surface area contributed by atoms with Gasteiger partial charge in [-0.1, -0.05) is 6.07 Å². The molecule has 0 spiro atoms. The number of carbonyl (C=O) groups is 1. The fourth-order valence-corrected chi connectivity index (χ4v) is 8.10. The molecule has 0 bridgehead atoms. The lowest BCUT2D eigenvalue weighted by molar-refractivity contribution is -0.0394. The molecule has 1 saturated carbocycles. The number of amidine groups is 1. The van der Waals surface area contributed by atoms with Gasteiger partial charge in [-0.15, -0.1) is 0 Å². The molecule has 2 unspecified atom stereocenters. The number of fused-ring (bicyclic) bond motifs is 1. The lowest BCUT2D eigenvalue weighted by Gasteiger charge is -2.33. The molecule has 38 heavy (non-hydrogen) atoms. The monoisotopic (exact) mass is 533 g/mol. The van der Waals surface area contributed by atoms with Gasteiger partial charge in [-0.25, -0.2) is 19.6 Å². The minimum atomic E-state index is -0.558. The van der Waals surface area contributed by atoms with Crippen LogP contribution in [-0.2, 0) is 9.47 Å². The number of hydrogen-bond donors (Lipinski definition) is 2. The number of aliphatic imine (C=N–C) groups is 1. The maximum absolute atomic E-state index is 13.2. The molecule has 198 valence electrons. The number of anilines is 1. The van der Waals surface area contributed by atoms with Crippen LogP contribution in [0, 0.1) is 0 Å². The van der Waals surface area contributed by atoms with Crippen molar-refractivity contribution in [3.63, 3.8) is 0 Å². The molecule has 7 rings (SSSR count). The number of thiol groups is 1. The zero-order valence-corrected chi connectivity index (χ0v) is 22.0. The van der Waals surface area contributed by atoms with Crippen LogP contribution in [0.15, 0.2) is 52.7 Å². The molecule has 4 aliphatic rings. The Labute approximate surface area is 223 Å². The van der Waals surface area contributed by atoms with E-state index in [2.05, 4.69) is 31.3 Å². The average Bonchev–Trinajstić information content (AvgIpc) is 3.55. The number of aromatic nitrogens is 4. The number of ether oxygens (including phenoxy) is 2. The van der Waals surface area contributed by atoms with Crippen LogP contribution in [0.4, 0.5) is 11.5 Å². The quantitative estimate of drug-likeness (QED) is 0.475. The summed E-state index contributed by atoms with van der Waals surface area (Å²) in [6, 6.07) is 7.54. The van der Waals surface area contributed by atoms with E-state index in [4.69, 9.17) is 14.5 Å². The van der Waals surface area contributed by atoms with Crippen molar-refractivity contribution in [3.8, 4) is 11.3 Å². The SMILES string of the molecule is O=C(Nc1cnc2c(c1)[SH](C1CC1)C(N1CCOCC1)=N2)c1cccc(-c2cnn(C3CCCCO3)c2)n1. The van der Waals surface area contributed by atoms with Crippen LogP contribution in [0.5, 0.6) is 0 Å². The number of carbonyl (C=O) groups excluding carboxylic acids is 1. The Morgan fingerprint density at radius 1 is 1.08 bits per heavy atom. The summed E-state index contributed by atoms with van der Waals surface area (Å²) < 4.78 is 13.2. The largest absolute Gasteiger partial charge is 0.378 e. The molecular weight excluding hydrogens is 502 g/mol. The van der Waals surface area contributed by atoms with Gasteiger partial charge in [0.25, 0.3) is 5.91 Å². The first kappa shape index (κ1) is 23.8. The number of nitrogens with zero attached hydrogens (tertiary/aromatic N) is 6. The molecule has 6 heterocycles. The highest BCUT2D eigenvalue weighted by Crippen LogP contribution is 2.59. The Kier molecular flexibility index (Phi) is 6.34. The highest BCUT2D eigenvalue weighted by Gasteiger charge is 2.40. The molecule has 2 atom stereocenters. The molecule has 3 aliphatic heterocycles. The number of hydrogen-bond acceptors (Lipinski definition) is 8. The second kappa shape index (κ2) is 10.1. The predicted octanol–water partition coefficient (Wildman–Crippen LogP) is 4.15. The average molecular weight is 534 g/mol. The summed E-state index contributed by atoms with van der Waals surface area (Å²) in [6.07, 6.45) is 11.0. The molecule has 2 saturated heterocycles. The molecule has 10 nitrogen and oxygen atoms in total. The van der Waals surface area contributed by atoms with Gasteiger partial charge in [0, 0.05) is 36.4 Å². The molecule has 0 aromatic carbocycles. The number of amides is 1. The van der Waals surface area contributed by atoms with Crippen LogP contribution in [0.1, 0.15) is 48.8 Å². The van der Waals surface area contributed by atoms with E-state index in [1.807, 2.05) is 23.0 Å². The summed E-state index contributed by atoms with van der Waals surface area (Å²) in [5.41, 5.74) is 2.58. The Morgan fingerprint density at radius 2 is 1.97 bits per heavy atom. The smallest absolute Gasteiger partial charge is 0.274 e. The number of morpholine rings is 1. The van der Waals surface area contributed by atoms with E-state index in [1.54, 1.807) is 18.5 Å². The van der Waals surface area contributed by atoms with Crippen LogP contribution in [0.2, 0.25) is 0 Å². The van der Waals surface area contributed by atoms with Crippen molar-refractivity contribution in [3.05, 3.63) is 48.5 Å². The number of pyridine rings is 2. The first-order valence-corrected chi connectivity index (χ1v) is 14.8. The fraction of sp³-hybridized carbons (Fsp3) is 0.444. The third-order valence-electron chi connectivity index (χ3n) is 7.32. The van der Waals surface area contributed by atoms with Crippen LogP contribution in [0.3, 0.4) is 0 Å². The van der Waals surface area contributed by atoms with Crippen LogP contribution >= 0.6 is 10.9 Å². The zero-order valence-electron chi connectivity index (χ0n) is 21.1. The second-order valence-electron chi connectivity index (χ2n) is 10.1. The zero-order chi connectivity index (χ0) is 25.5. The van der Waals surface area contributed by atoms with Crippen molar-refractivity contribution < 1.29 is 14.3 Å². The van der Waals surface area contributed by atoms with Gasteiger partial charge in [-0.2, -0.15) is 16.0 Å². The van der Waals surface area contributed by atoms with Gasteiger partial charge in [0.2, 0.25) is 0 Å². The normalized spacial score (nSPS) is 24.1. The van der Waals surface area contributed by atoms with Crippen molar-refractivity contribution in [2.45, 2.75) is 48.5 Å². The summed E-state index contributed by atoms with van der Waals surface area (Å²) >= 11 is 0. The van der Waals surface area contributed by atoms with Crippen LogP contribution in [-0.4, -0.2) is 73.9 Å². The minimum Gasteiger partial charge on any atom is -0.378 e. The van der Waals surface area contributed by atoms with E-state index in [9.17, 15) is 4.79 Å². The predicted molar refractivity (Wildman–Crippen MR) is 146 cm³/mol. The molecule has 3 aromatic rings. The first-order valence-electron chi connectivity index (χ1n) is 13.4. The van der Waals surface area contributed by atoms with E-state index in [0.29, 0.717) is 22.3 Å². The van der Waals surface area contributed by atoms with Crippen LogP contribution in [0.25, 0.3) is 11.3 Å². The summed E-state index contributed by atoms with van der Waals surface area (Å²) in [7, 11) is -0.558. The van der Waals surface area contributed by atoms with Crippen molar-refractivity contribution in [1.82, 2.24) is 24.6 Å². The Hall–Kier alpha value is -3.28. The summed E-state index contributed by atoms with van der Waals surface area (Å²) in [5, 5.41) is 9.32. The van der Waals surface area contributed by atoms with E-state index in [1.165, 1.54) is 22.9 Å². The first-order chi connectivity index (χ1) is 18.7. The van der Waals surface area contributed by atoms with E-state index < -0.39 is 10.9 Å². The maximum Gasteiger partial charge on any atom is 0.274 e. The Balaban J connectivity index is 1.08. The van der Waals surface area contributed by atoms with Gasteiger partial charge in [0.05, 0.1) is 37.0 Å². The highest BCUT2D eigenvalue weighted by atomic mass is 32.2. The van der Waals surface area contributed by atoms with Gasteiger partial charge >= 0.3 is 0 Å². The van der Waals surface area contributed by atoms with Crippen molar-refractivity contribution >= 4 is 33.5 Å². The lowest BCUT2D eigenvalue weighted by atomic mass is 10.2.